The van der Waals surface area contributed by atoms with E-state index >= 15 is 0 Å². The van der Waals surface area contributed by atoms with Crippen molar-refractivity contribution in [1.82, 2.24) is 4.90 Å². The number of hydrogen-bond donors (Lipinski definition) is 2. The van der Waals surface area contributed by atoms with E-state index < -0.39 is 18.1 Å². The van der Waals surface area contributed by atoms with Gasteiger partial charge in [-0.2, -0.15) is 0 Å². The minimum absolute atomic E-state index is 0. The van der Waals surface area contributed by atoms with Crippen LogP contribution in [0.2, 0.25) is 5.02 Å². The van der Waals surface area contributed by atoms with Crippen molar-refractivity contribution in [2.75, 3.05) is 6.61 Å². The second-order valence-electron chi connectivity index (χ2n) is 9.12. The normalized spacial score (nSPS) is 25.7. The third kappa shape index (κ3) is 5.45. The van der Waals surface area contributed by atoms with Crippen LogP contribution in [0.5, 0.6) is 0 Å². The van der Waals surface area contributed by atoms with Crippen LogP contribution in [0, 0.1) is 0 Å². The van der Waals surface area contributed by atoms with Gasteiger partial charge in [0.2, 0.25) is 5.91 Å². The summed E-state index contributed by atoms with van der Waals surface area (Å²) in [5.74, 6) is 0.0268. The lowest BCUT2D eigenvalue weighted by Crippen LogP contribution is -2.56. The average Bonchev–Trinajstić information content (AvgIpc) is 2.78. The minimum atomic E-state index is -2.90. The fourth-order valence-corrected chi connectivity index (χ4v) is 5.25. The summed E-state index contributed by atoms with van der Waals surface area (Å²) >= 11 is 6.80. The number of benzene rings is 2. The number of carbonyl (C=O) groups excluding carboxylic acids is 1. The molecule has 6 nitrogen and oxygen atoms in total. The molecule has 0 spiro atoms. The number of carbonyl (C=O) groups is 1. The van der Waals surface area contributed by atoms with Gasteiger partial charge in [-0.1, -0.05) is 48.0 Å². The SMILES string of the molecule is C[C@H]1C[C@@H](N2C(=O)C[C@@](C)(c3cccc(-c4cccc([C@H](O)C(F)F)c4)c3Cl)N=C2N)CCO1.Cl. The van der Waals surface area contributed by atoms with Gasteiger partial charge >= 0.3 is 0 Å². The van der Waals surface area contributed by atoms with E-state index in [9.17, 15) is 18.7 Å². The van der Waals surface area contributed by atoms with Crippen molar-refractivity contribution in [2.45, 2.75) is 63.3 Å². The number of aliphatic imine (C=N–C) groups is 1. The highest BCUT2D eigenvalue weighted by Gasteiger charge is 2.42. The zero-order valence-electron chi connectivity index (χ0n) is 19.5. The molecule has 3 N–H and O–H groups in total. The summed E-state index contributed by atoms with van der Waals surface area (Å²) in [5, 5.41) is 10.1. The summed E-state index contributed by atoms with van der Waals surface area (Å²) in [6.07, 6.45) is -3.28. The molecule has 4 rings (SSSR count). The van der Waals surface area contributed by atoms with E-state index in [1.807, 2.05) is 13.8 Å². The predicted molar refractivity (Wildman–Crippen MR) is 134 cm³/mol. The first-order valence-electron chi connectivity index (χ1n) is 11.3. The van der Waals surface area contributed by atoms with Crippen molar-refractivity contribution in [3.63, 3.8) is 0 Å². The molecule has 2 aliphatic rings. The number of amides is 1. The Hall–Kier alpha value is -2.26. The molecule has 0 bridgehead atoms. The molecule has 0 aromatic heterocycles. The van der Waals surface area contributed by atoms with Crippen molar-refractivity contribution >= 4 is 35.9 Å². The molecule has 1 fully saturated rings. The first kappa shape index (κ1) is 27.3. The number of rotatable bonds is 5. The molecular weight excluding hydrogens is 499 g/mol. The summed E-state index contributed by atoms with van der Waals surface area (Å²) in [6.45, 7) is 4.34. The molecule has 10 heteroatoms. The van der Waals surface area contributed by atoms with Crippen LogP contribution >= 0.6 is 24.0 Å². The molecule has 1 saturated heterocycles. The second kappa shape index (κ2) is 10.8. The van der Waals surface area contributed by atoms with Gasteiger partial charge in [-0.05, 0) is 49.4 Å². The van der Waals surface area contributed by atoms with E-state index in [0.717, 1.165) is 0 Å². The molecule has 4 atom stereocenters. The summed E-state index contributed by atoms with van der Waals surface area (Å²) in [6, 6.07) is 11.5. The van der Waals surface area contributed by atoms with Gasteiger partial charge in [-0.25, -0.2) is 13.8 Å². The van der Waals surface area contributed by atoms with E-state index in [0.29, 0.717) is 41.2 Å². The standard InChI is InChI=1S/C25H28ClF2N3O3.ClH/c1-14-11-17(9-10-34-14)31-20(32)13-25(2,30-24(31)29)19-8-4-7-18(21(19)26)15-5-3-6-16(12-15)22(33)23(27)28;/h3-8,12,14,17,22-23,33H,9-11,13H2,1-2H3,(H2,29,30);1H/t14-,17-,22-,25-;/m0./s1. The number of aliphatic hydroxyl groups is 1. The Balaban J connectivity index is 0.00000342. The maximum absolute atomic E-state index is 13.2. The summed E-state index contributed by atoms with van der Waals surface area (Å²) in [4.78, 5) is 19.5. The van der Waals surface area contributed by atoms with Crippen LogP contribution in [-0.2, 0) is 15.1 Å². The average molecular weight is 528 g/mol. The number of nitrogens with two attached hydrogens (primary N) is 1. The Labute approximate surface area is 214 Å². The van der Waals surface area contributed by atoms with Crippen molar-refractivity contribution < 1.29 is 23.4 Å². The van der Waals surface area contributed by atoms with Gasteiger partial charge in [0.1, 0.15) is 6.10 Å². The third-order valence-corrected chi connectivity index (χ3v) is 6.96. The quantitative estimate of drug-likeness (QED) is 0.568. The number of hydrogen-bond acceptors (Lipinski definition) is 5. The Kier molecular flexibility index (Phi) is 8.42. The van der Waals surface area contributed by atoms with Crippen molar-refractivity contribution in [1.29, 1.82) is 0 Å². The van der Waals surface area contributed by atoms with Gasteiger partial charge in [0.25, 0.3) is 6.43 Å². The van der Waals surface area contributed by atoms with Crippen LogP contribution in [0.15, 0.2) is 47.5 Å². The Bertz CT molecular complexity index is 1120. The van der Waals surface area contributed by atoms with Crippen LogP contribution in [0.3, 0.4) is 0 Å². The molecule has 2 aromatic rings. The lowest BCUT2D eigenvalue weighted by Gasteiger charge is -2.41. The highest BCUT2D eigenvalue weighted by molar-refractivity contribution is 6.34. The molecule has 1 amide bonds. The number of halogens is 4. The maximum Gasteiger partial charge on any atom is 0.268 e. The van der Waals surface area contributed by atoms with Crippen LogP contribution < -0.4 is 5.73 Å². The molecule has 2 aliphatic heterocycles. The molecule has 2 heterocycles. The molecular formula is C25H29Cl2F2N3O3. The zero-order valence-corrected chi connectivity index (χ0v) is 21.0. The Morgan fingerprint density at radius 3 is 2.66 bits per heavy atom. The fraction of sp³-hybridized carbons (Fsp3) is 0.440. The molecule has 2 aromatic carbocycles. The number of nitrogens with zero attached hydrogens (tertiary/aromatic N) is 2. The van der Waals surface area contributed by atoms with Gasteiger partial charge in [-0.15, -0.1) is 12.4 Å². The number of alkyl halides is 2. The Morgan fingerprint density at radius 1 is 1.29 bits per heavy atom. The fourth-order valence-electron chi connectivity index (χ4n) is 4.82. The zero-order chi connectivity index (χ0) is 24.6. The molecule has 0 aliphatic carbocycles. The first-order valence-corrected chi connectivity index (χ1v) is 11.6. The number of ether oxygens (including phenoxy) is 1. The molecule has 0 radical (unpaired) electrons. The van der Waals surface area contributed by atoms with Crippen LogP contribution in [-0.4, -0.2) is 47.1 Å². The number of aliphatic hydroxyl groups excluding tert-OH is 1. The maximum atomic E-state index is 13.2. The highest BCUT2D eigenvalue weighted by Crippen LogP contribution is 2.42. The topological polar surface area (TPSA) is 88.2 Å². The van der Waals surface area contributed by atoms with Crippen LogP contribution in [0.25, 0.3) is 11.1 Å². The van der Waals surface area contributed by atoms with Crippen molar-refractivity contribution in [3.05, 3.63) is 58.6 Å². The predicted octanol–water partition coefficient (Wildman–Crippen LogP) is 5.06. The summed E-state index contributed by atoms with van der Waals surface area (Å²) in [5.41, 5.74) is 7.20. The van der Waals surface area contributed by atoms with E-state index in [1.54, 1.807) is 35.2 Å². The van der Waals surface area contributed by atoms with Crippen LogP contribution in [0.1, 0.15) is 50.3 Å². The van der Waals surface area contributed by atoms with E-state index in [-0.39, 0.29) is 48.4 Å². The van der Waals surface area contributed by atoms with Gasteiger partial charge in [-0.3, -0.25) is 9.69 Å². The van der Waals surface area contributed by atoms with Crippen molar-refractivity contribution in [3.8, 4) is 11.1 Å². The second-order valence-corrected chi connectivity index (χ2v) is 9.49. The first-order chi connectivity index (χ1) is 16.1. The summed E-state index contributed by atoms with van der Waals surface area (Å²) in [7, 11) is 0. The number of guanidine groups is 1. The summed E-state index contributed by atoms with van der Waals surface area (Å²) < 4.78 is 31.6. The smallest absolute Gasteiger partial charge is 0.268 e. The van der Waals surface area contributed by atoms with Crippen molar-refractivity contribution in [2.24, 2.45) is 10.7 Å². The monoisotopic (exact) mass is 527 g/mol. The minimum Gasteiger partial charge on any atom is -0.382 e. The molecule has 0 unspecified atom stereocenters. The third-order valence-electron chi connectivity index (χ3n) is 6.55. The van der Waals surface area contributed by atoms with E-state index in [2.05, 4.69) is 0 Å². The Morgan fingerprint density at radius 2 is 2.00 bits per heavy atom. The lowest BCUT2D eigenvalue weighted by molar-refractivity contribution is -0.133. The van der Waals surface area contributed by atoms with Gasteiger partial charge in [0.15, 0.2) is 5.96 Å². The van der Waals surface area contributed by atoms with E-state index in [1.165, 1.54) is 12.1 Å². The van der Waals surface area contributed by atoms with Gasteiger partial charge in [0.05, 0.1) is 23.1 Å². The lowest BCUT2D eigenvalue weighted by atomic mass is 9.85. The molecule has 0 saturated carbocycles. The van der Waals surface area contributed by atoms with E-state index in [4.69, 9.17) is 27.1 Å². The van der Waals surface area contributed by atoms with Gasteiger partial charge in [0, 0.05) is 18.2 Å². The molecule has 35 heavy (non-hydrogen) atoms. The largest absolute Gasteiger partial charge is 0.382 e. The van der Waals surface area contributed by atoms with Gasteiger partial charge < -0.3 is 15.6 Å². The molecule has 190 valence electrons. The van der Waals surface area contributed by atoms with Crippen LogP contribution in [0.4, 0.5) is 8.78 Å². The highest BCUT2D eigenvalue weighted by atomic mass is 35.5.